The number of nitrogens with zero attached hydrogens (tertiary/aromatic N) is 2. The number of hydrogen-bond donors (Lipinski definition) is 2. The van der Waals surface area contributed by atoms with Crippen LogP contribution >= 0.6 is 0 Å². The normalized spacial score (nSPS) is 10.3. The lowest BCUT2D eigenvalue weighted by atomic mass is 10.1. The lowest BCUT2D eigenvalue weighted by Crippen LogP contribution is -2.13. The molecule has 2 aromatic carbocycles. The predicted octanol–water partition coefficient (Wildman–Crippen LogP) is 3.90. The number of hydrogen-bond acceptors (Lipinski definition) is 6. The van der Waals surface area contributed by atoms with E-state index >= 15 is 0 Å². The molecule has 0 bridgehead atoms. The highest BCUT2D eigenvalue weighted by Gasteiger charge is 2.00. The molecular weight excluding hydrogens is 340 g/mol. The van der Waals surface area contributed by atoms with Gasteiger partial charge in [0.1, 0.15) is 23.9 Å². The second-order valence-corrected chi connectivity index (χ2v) is 6.06. The van der Waals surface area contributed by atoms with Gasteiger partial charge < -0.3 is 20.1 Å². The molecular formula is C21H24N4O2. The Morgan fingerprint density at radius 3 is 2.37 bits per heavy atom. The third kappa shape index (κ3) is 5.88. The highest BCUT2D eigenvalue weighted by atomic mass is 16.5. The van der Waals surface area contributed by atoms with Gasteiger partial charge in [-0.05, 0) is 42.8 Å². The average Bonchev–Trinajstić information content (AvgIpc) is 2.71. The Labute approximate surface area is 159 Å². The molecule has 3 rings (SSSR count). The van der Waals surface area contributed by atoms with Crippen LogP contribution in [0.3, 0.4) is 0 Å². The van der Waals surface area contributed by atoms with Crippen molar-refractivity contribution in [2.75, 3.05) is 30.9 Å². The van der Waals surface area contributed by atoms with E-state index in [0.717, 1.165) is 17.3 Å². The fraction of sp³-hybridized carbons (Fsp3) is 0.238. The van der Waals surface area contributed by atoms with Gasteiger partial charge in [-0.1, -0.05) is 29.8 Å². The van der Waals surface area contributed by atoms with Crippen molar-refractivity contribution in [3.8, 4) is 11.5 Å². The molecule has 0 spiro atoms. The van der Waals surface area contributed by atoms with Gasteiger partial charge in [0.25, 0.3) is 0 Å². The smallest absolute Gasteiger partial charge is 0.224 e. The summed E-state index contributed by atoms with van der Waals surface area (Å²) in [6, 6.07) is 17.7. The van der Waals surface area contributed by atoms with Gasteiger partial charge in [0.05, 0.1) is 13.7 Å². The van der Waals surface area contributed by atoms with Crippen molar-refractivity contribution in [1.82, 2.24) is 9.97 Å². The molecule has 6 nitrogen and oxygen atoms in total. The first kappa shape index (κ1) is 18.5. The van der Waals surface area contributed by atoms with E-state index in [2.05, 4.69) is 51.8 Å². The van der Waals surface area contributed by atoms with Gasteiger partial charge >= 0.3 is 0 Å². The highest BCUT2D eigenvalue weighted by molar-refractivity contribution is 5.40. The molecule has 0 aliphatic heterocycles. The third-order valence-corrected chi connectivity index (χ3v) is 3.96. The van der Waals surface area contributed by atoms with E-state index in [-0.39, 0.29) is 0 Å². The van der Waals surface area contributed by atoms with Crippen LogP contribution in [0.25, 0.3) is 0 Å². The molecule has 1 heterocycles. The Kier molecular flexibility index (Phi) is 6.46. The van der Waals surface area contributed by atoms with Gasteiger partial charge in [-0.15, -0.1) is 0 Å². The molecule has 0 aliphatic rings. The molecule has 3 aromatic rings. The first-order chi connectivity index (χ1) is 13.2. The number of benzene rings is 2. The minimum Gasteiger partial charge on any atom is -0.497 e. The Balaban J connectivity index is 1.43. The predicted molar refractivity (Wildman–Crippen MR) is 108 cm³/mol. The minimum atomic E-state index is 0.530. The Morgan fingerprint density at radius 2 is 1.63 bits per heavy atom. The van der Waals surface area contributed by atoms with Crippen LogP contribution in [0.2, 0.25) is 0 Å². The lowest BCUT2D eigenvalue weighted by molar-refractivity contribution is 0.331. The first-order valence-electron chi connectivity index (χ1n) is 8.86. The molecule has 140 valence electrons. The van der Waals surface area contributed by atoms with Crippen molar-refractivity contribution in [2.24, 2.45) is 0 Å². The van der Waals surface area contributed by atoms with Gasteiger partial charge in [-0.25, -0.2) is 4.98 Å². The fourth-order valence-corrected chi connectivity index (χ4v) is 2.45. The summed E-state index contributed by atoms with van der Waals surface area (Å²) in [5.41, 5.74) is 2.44. The lowest BCUT2D eigenvalue weighted by Gasteiger charge is -2.10. The van der Waals surface area contributed by atoms with Gasteiger partial charge in [0, 0.05) is 12.7 Å². The number of rotatable bonds is 9. The number of aryl methyl sites for hydroxylation is 1. The van der Waals surface area contributed by atoms with Crippen molar-refractivity contribution in [1.29, 1.82) is 0 Å². The largest absolute Gasteiger partial charge is 0.497 e. The van der Waals surface area contributed by atoms with E-state index in [4.69, 9.17) is 9.47 Å². The second-order valence-electron chi connectivity index (χ2n) is 6.06. The molecule has 2 N–H and O–H groups in total. The maximum atomic E-state index is 5.70. The molecule has 0 saturated carbocycles. The Bertz CT molecular complexity index is 836. The number of nitrogens with one attached hydrogen (secondary N) is 2. The molecule has 0 unspecified atom stereocenters. The van der Waals surface area contributed by atoms with Crippen LogP contribution in [0.1, 0.15) is 11.1 Å². The standard InChI is InChI=1S/C21H24N4O2/c1-16-3-5-17(6-4-16)15-24-21-23-12-11-20(25-21)22-13-14-27-19-9-7-18(26-2)8-10-19/h3-12H,13-15H2,1-2H3,(H2,22,23,24,25). The van der Waals surface area contributed by atoms with E-state index in [1.54, 1.807) is 13.3 Å². The number of anilines is 2. The SMILES string of the molecule is COc1ccc(OCCNc2ccnc(NCc3ccc(C)cc3)n2)cc1. The van der Waals surface area contributed by atoms with E-state index in [0.29, 0.717) is 25.6 Å². The monoisotopic (exact) mass is 364 g/mol. The van der Waals surface area contributed by atoms with Crippen LogP contribution in [-0.4, -0.2) is 30.2 Å². The highest BCUT2D eigenvalue weighted by Crippen LogP contribution is 2.16. The molecule has 0 saturated heterocycles. The quantitative estimate of drug-likeness (QED) is 0.561. The fourth-order valence-electron chi connectivity index (χ4n) is 2.45. The summed E-state index contributed by atoms with van der Waals surface area (Å²) < 4.78 is 10.8. The van der Waals surface area contributed by atoms with Crippen LogP contribution in [0.4, 0.5) is 11.8 Å². The summed E-state index contributed by atoms with van der Waals surface area (Å²) in [4.78, 5) is 8.73. The third-order valence-electron chi connectivity index (χ3n) is 3.96. The van der Waals surface area contributed by atoms with Crippen molar-refractivity contribution in [2.45, 2.75) is 13.5 Å². The molecule has 6 heteroatoms. The number of ether oxygens (including phenoxy) is 2. The minimum absolute atomic E-state index is 0.530. The molecule has 0 aliphatic carbocycles. The first-order valence-corrected chi connectivity index (χ1v) is 8.86. The van der Waals surface area contributed by atoms with Crippen molar-refractivity contribution >= 4 is 11.8 Å². The van der Waals surface area contributed by atoms with Crippen molar-refractivity contribution < 1.29 is 9.47 Å². The molecule has 0 atom stereocenters. The van der Waals surface area contributed by atoms with E-state index in [9.17, 15) is 0 Å². The van der Waals surface area contributed by atoms with Gasteiger partial charge in [-0.2, -0.15) is 4.98 Å². The summed E-state index contributed by atoms with van der Waals surface area (Å²) in [5.74, 6) is 2.97. The van der Waals surface area contributed by atoms with Crippen LogP contribution in [0, 0.1) is 6.92 Å². The van der Waals surface area contributed by atoms with Crippen molar-refractivity contribution in [3.05, 3.63) is 71.9 Å². The Hall–Kier alpha value is -3.28. The molecule has 0 amide bonds. The Morgan fingerprint density at radius 1 is 0.889 bits per heavy atom. The van der Waals surface area contributed by atoms with E-state index < -0.39 is 0 Å². The summed E-state index contributed by atoms with van der Waals surface area (Å²) in [5, 5.41) is 6.49. The van der Waals surface area contributed by atoms with Gasteiger partial charge in [-0.3, -0.25) is 0 Å². The average molecular weight is 364 g/mol. The maximum Gasteiger partial charge on any atom is 0.224 e. The zero-order valence-electron chi connectivity index (χ0n) is 15.6. The number of methoxy groups -OCH3 is 1. The van der Waals surface area contributed by atoms with Crippen LogP contribution in [0.15, 0.2) is 60.8 Å². The molecule has 27 heavy (non-hydrogen) atoms. The van der Waals surface area contributed by atoms with Crippen molar-refractivity contribution in [3.63, 3.8) is 0 Å². The van der Waals surface area contributed by atoms with E-state index in [1.165, 1.54) is 11.1 Å². The molecule has 0 radical (unpaired) electrons. The summed E-state index contributed by atoms with van der Waals surface area (Å²) in [6.45, 7) is 3.93. The number of aromatic nitrogens is 2. The molecule has 1 aromatic heterocycles. The summed E-state index contributed by atoms with van der Waals surface area (Å²) >= 11 is 0. The topological polar surface area (TPSA) is 68.3 Å². The summed E-state index contributed by atoms with van der Waals surface area (Å²) in [7, 11) is 1.64. The van der Waals surface area contributed by atoms with E-state index in [1.807, 2.05) is 30.3 Å². The maximum absolute atomic E-state index is 5.70. The second kappa shape index (κ2) is 9.43. The zero-order valence-corrected chi connectivity index (χ0v) is 15.6. The summed E-state index contributed by atoms with van der Waals surface area (Å²) in [6.07, 6.45) is 1.73. The van der Waals surface area contributed by atoms with Gasteiger partial charge in [0.2, 0.25) is 5.95 Å². The van der Waals surface area contributed by atoms with Crippen LogP contribution < -0.4 is 20.1 Å². The van der Waals surface area contributed by atoms with Gasteiger partial charge in [0.15, 0.2) is 0 Å². The molecule has 0 fully saturated rings. The van der Waals surface area contributed by atoms with Crippen LogP contribution in [-0.2, 0) is 6.54 Å². The zero-order chi connectivity index (χ0) is 18.9. The van der Waals surface area contributed by atoms with Crippen LogP contribution in [0.5, 0.6) is 11.5 Å².